The number of hydrogen-bond donors (Lipinski definition) is 3. The highest BCUT2D eigenvalue weighted by molar-refractivity contribution is 5.84. The highest BCUT2D eigenvalue weighted by Gasteiger charge is 2.21. The molecule has 5 nitrogen and oxygen atoms in total. The molecule has 5 heteroatoms. The first-order valence-corrected chi connectivity index (χ1v) is 7.65. The van der Waals surface area contributed by atoms with Crippen molar-refractivity contribution in [1.82, 2.24) is 9.80 Å². The van der Waals surface area contributed by atoms with Crippen LogP contribution in [0.3, 0.4) is 0 Å². The van der Waals surface area contributed by atoms with Crippen LogP contribution in [-0.4, -0.2) is 66.6 Å². The summed E-state index contributed by atoms with van der Waals surface area (Å²) in [5.74, 6) is 0.202. The number of nitrogens with one attached hydrogen (secondary N) is 1. The van der Waals surface area contributed by atoms with E-state index in [-0.39, 0.29) is 18.4 Å². The molecule has 0 aliphatic carbocycles. The number of benzene rings is 1. The Hall–Kier alpha value is -1.43. The Morgan fingerprint density at radius 2 is 1.81 bits per heavy atom. The standard InChI is InChI=1S/C16H26N4O/c17-16(18)15(14-5-2-1-3-6-14)13-20-8-4-7-19(9-10-20)11-12-21/h1-3,5-6,15,21H,4,7-13H2,(H3,17,18). The molecule has 21 heavy (non-hydrogen) atoms. The van der Waals surface area contributed by atoms with Crippen LogP contribution in [0.15, 0.2) is 30.3 Å². The quantitative estimate of drug-likeness (QED) is 0.532. The summed E-state index contributed by atoms with van der Waals surface area (Å²) in [5.41, 5.74) is 6.93. The molecule has 4 N–H and O–H groups in total. The monoisotopic (exact) mass is 290 g/mol. The van der Waals surface area contributed by atoms with Gasteiger partial charge in [-0.3, -0.25) is 10.3 Å². The van der Waals surface area contributed by atoms with Gasteiger partial charge in [-0.25, -0.2) is 0 Å². The molecule has 1 aromatic rings. The van der Waals surface area contributed by atoms with Gasteiger partial charge in [0.15, 0.2) is 0 Å². The van der Waals surface area contributed by atoms with Crippen molar-refractivity contribution in [2.24, 2.45) is 5.73 Å². The average Bonchev–Trinajstić information content (AvgIpc) is 2.71. The number of amidine groups is 1. The largest absolute Gasteiger partial charge is 0.395 e. The third kappa shape index (κ3) is 4.81. The van der Waals surface area contributed by atoms with E-state index in [0.717, 1.165) is 51.3 Å². The molecule has 1 unspecified atom stereocenters. The van der Waals surface area contributed by atoms with Crippen molar-refractivity contribution in [3.8, 4) is 0 Å². The van der Waals surface area contributed by atoms with Crippen LogP contribution in [-0.2, 0) is 0 Å². The van der Waals surface area contributed by atoms with Crippen LogP contribution in [0.4, 0.5) is 0 Å². The molecule has 0 bridgehead atoms. The molecule has 116 valence electrons. The molecule has 0 amide bonds. The second kappa shape index (κ2) is 8.12. The van der Waals surface area contributed by atoms with E-state index in [1.165, 1.54) is 0 Å². The Morgan fingerprint density at radius 1 is 1.14 bits per heavy atom. The Balaban J connectivity index is 1.96. The van der Waals surface area contributed by atoms with Crippen LogP contribution in [0.5, 0.6) is 0 Å². The third-order valence-electron chi connectivity index (χ3n) is 4.12. The van der Waals surface area contributed by atoms with Crippen molar-refractivity contribution < 1.29 is 5.11 Å². The average molecular weight is 290 g/mol. The van der Waals surface area contributed by atoms with E-state index in [0.29, 0.717) is 0 Å². The SMILES string of the molecule is N=C(N)C(CN1CCCN(CCO)CC1)c1ccccc1. The van der Waals surface area contributed by atoms with Gasteiger partial charge in [-0.15, -0.1) is 0 Å². The molecule has 0 aromatic heterocycles. The lowest BCUT2D eigenvalue weighted by atomic mass is 9.97. The molecular formula is C16H26N4O. The van der Waals surface area contributed by atoms with Crippen LogP contribution in [0, 0.1) is 5.41 Å². The number of β-amino-alcohol motifs (C(OH)–C–C–N with tert-alkyl or cyclic N) is 1. The number of nitrogens with zero attached hydrogens (tertiary/aromatic N) is 2. The fourth-order valence-corrected chi connectivity index (χ4v) is 2.90. The minimum absolute atomic E-state index is 0.0319. The zero-order valence-electron chi connectivity index (χ0n) is 12.5. The zero-order valence-corrected chi connectivity index (χ0v) is 12.5. The summed E-state index contributed by atoms with van der Waals surface area (Å²) in [5, 5.41) is 16.9. The summed E-state index contributed by atoms with van der Waals surface area (Å²) in [6.45, 7) is 5.78. The fraction of sp³-hybridized carbons (Fsp3) is 0.562. The van der Waals surface area contributed by atoms with Gasteiger partial charge >= 0.3 is 0 Å². The van der Waals surface area contributed by atoms with E-state index in [1.807, 2.05) is 30.3 Å². The Labute approximate surface area is 126 Å². The molecule has 1 saturated heterocycles. The van der Waals surface area contributed by atoms with Gasteiger partial charge in [-0.1, -0.05) is 30.3 Å². The maximum atomic E-state index is 9.04. The van der Waals surface area contributed by atoms with Crippen molar-refractivity contribution in [2.45, 2.75) is 12.3 Å². The number of hydrogen-bond acceptors (Lipinski definition) is 4. The summed E-state index contributed by atoms with van der Waals surface area (Å²) in [4.78, 5) is 4.68. The normalized spacial score (nSPS) is 19.1. The number of rotatable bonds is 6. The summed E-state index contributed by atoms with van der Waals surface area (Å²) in [6, 6.07) is 10.1. The van der Waals surface area contributed by atoms with Gasteiger partial charge in [0.05, 0.1) is 18.4 Å². The Bertz CT molecular complexity index is 437. The van der Waals surface area contributed by atoms with Crippen molar-refractivity contribution >= 4 is 5.84 Å². The smallest absolute Gasteiger partial charge is 0.0995 e. The summed E-state index contributed by atoms with van der Waals surface area (Å²) in [6.07, 6.45) is 1.10. The van der Waals surface area contributed by atoms with E-state index < -0.39 is 0 Å². The molecular weight excluding hydrogens is 264 g/mol. The van der Waals surface area contributed by atoms with Gasteiger partial charge < -0.3 is 15.7 Å². The number of nitrogens with two attached hydrogens (primary N) is 1. The van der Waals surface area contributed by atoms with Gasteiger partial charge in [-0.05, 0) is 25.1 Å². The molecule has 1 fully saturated rings. The first-order chi connectivity index (χ1) is 10.2. The number of aliphatic hydroxyl groups is 1. The van der Waals surface area contributed by atoms with E-state index in [1.54, 1.807) is 0 Å². The topological polar surface area (TPSA) is 76.6 Å². The Kier molecular flexibility index (Phi) is 6.17. The predicted octanol–water partition coefficient (Wildman–Crippen LogP) is 0.706. The van der Waals surface area contributed by atoms with Crippen molar-refractivity contribution in [1.29, 1.82) is 5.41 Å². The Morgan fingerprint density at radius 3 is 2.48 bits per heavy atom. The van der Waals surface area contributed by atoms with E-state index in [2.05, 4.69) is 9.80 Å². The van der Waals surface area contributed by atoms with Crippen LogP contribution >= 0.6 is 0 Å². The van der Waals surface area contributed by atoms with Gasteiger partial charge in [0.25, 0.3) is 0 Å². The molecule has 2 rings (SSSR count). The van der Waals surface area contributed by atoms with Crippen LogP contribution in [0.1, 0.15) is 17.9 Å². The van der Waals surface area contributed by atoms with Gasteiger partial charge in [0, 0.05) is 26.2 Å². The highest BCUT2D eigenvalue weighted by atomic mass is 16.3. The first-order valence-electron chi connectivity index (χ1n) is 7.65. The van der Waals surface area contributed by atoms with Crippen molar-refractivity contribution in [3.05, 3.63) is 35.9 Å². The van der Waals surface area contributed by atoms with Crippen LogP contribution < -0.4 is 5.73 Å². The second-order valence-corrected chi connectivity index (χ2v) is 5.64. The van der Waals surface area contributed by atoms with E-state index in [4.69, 9.17) is 16.2 Å². The van der Waals surface area contributed by atoms with E-state index >= 15 is 0 Å². The molecule has 1 atom stereocenters. The van der Waals surface area contributed by atoms with Gasteiger partial charge in [-0.2, -0.15) is 0 Å². The van der Waals surface area contributed by atoms with Crippen molar-refractivity contribution in [2.75, 3.05) is 45.9 Å². The summed E-state index contributed by atoms with van der Waals surface area (Å²) >= 11 is 0. The maximum absolute atomic E-state index is 9.04. The lowest BCUT2D eigenvalue weighted by Gasteiger charge is -2.26. The summed E-state index contributed by atoms with van der Waals surface area (Å²) in [7, 11) is 0. The molecule has 0 radical (unpaired) electrons. The number of aliphatic hydroxyl groups excluding tert-OH is 1. The molecule has 1 aliphatic rings. The lowest BCUT2D eigenvalue weighted by molar-refractivity contribution is 0.196. The fourth-order valence-electron chi connectivity index (χ4n) is 2.90. The lowest BCUT2D eigenvalue weighted by Crippen LogP contribution is -2.37. The predicted molar refractivity (Wildman–Crippen MR) is 85.7 cm³/mol. The van der Waals surface area contributed by atoms with Gasteiger partial charge in [0.2, 0.25) is 0 Å². The zero-order chi connectivity index (χ0) is 15.1. The third-order valence-corrected chi connectivity index (χ3v) is 4.12. The van der Waals surface area contributed by atoms with Crippen LogP contribution in [0.2, 0.25) is 0 Å². The molecule has 1 aliphatic heterocycles. The van der Waals surface area contributed by atoms with E-state index in [9.17, 15) is 0 Å². The highest BCUT2D eigenvalue weighted by Crippen LogP contribution is 2.18. The minimum atomic E-state index is -0.0319. The molecule has 1 heterocycles. The van der Waals surface area contributed by atoms with Crippen LogP contribution in [0.25, 0.3) is 0 Å². The molecule has 0 saturated carbocycles. The van der Waals surface area contributed by atoms with Gasteiger partial charge in [0.1, 0.15) is 0 Å². The first kappa shape index (κ1) is 15.9. The molecule has 1 aromatic carbocycles. The minimum Gasteiger partial charge on any atom is -0.395 e. The summed E-state index contributed by atoms with van der Waals surface area (Å²) < 4.78 is 0. The second-order valence-electron chi connectivity index (χ2n) is 5.64. The molecule has 0 spiro atoms. The van der Waals surface area contributed by atoms with Crippen molar-refractivity contribution in [3.63, 3.8) is 0 Å². The maximum Gasteiger partial charge on any atom is 0.0995 e.